The number of H-pyrrole nitrogens is 1. The van der Waals surface area contributed by atoms with E-state index >= 15 is 0 Å². The van der Waals surface area contributed by atoms with Crippen molar-refractivity contribution in [3.63, 3.8) is 0 Å². The van der Waals surface area contributed by atoms with Crippen molar-refractivity contribution >= 4 is 29.4 Å². The van der Waals surface area contributed by atoms with Crippen molar-refractivity contribution < 1.29 is 14.7 Å². The number of anilines is 1. The zero-order valence-electron chi connectivity index (χ0n) is 16.5. The lowest BCUT2D eigenvalue weighted by Crippen LogP contribution is -2.32. The monoisotopic (exact) mass is 419 g/mol. The SMILES string of the molecule is Cc1nc(CC(=O)Nc2cc([C@H]3CC[C@@H](CC(C)NC(=O)O)C3)[nH]n2)ccc1Cl. The van der Waals surface area contributed by atoms with Gasteiger partial charge in [0.25, 0.3) is 0 Å². The van der Waals surface area contributed by atoms with Crippen molar-refractivity contribution in [2.24, 2.45) is 5.92 Å². The summed E-state index contributed by atoms with van der Waals surface area (Å²) in [5.74, 6) is 1.13. The fourth-order valence-corrected chi connectivity index (χ4v) is 4.10. The van der Waals surface area contributed by atoms with Crippen LogP contribution < -0.4 is 10.6 Å². The number of carboxylic acid groups (broad SMARTS) is 1. The molecule has 9 heteroatoms. The normalized spacial score (nSPS) is 19.7. The Labute approximate surface area is 174 Å². The molecule has 1 unspecified atom stereocenters. The number of aryl methyl sites for hydroxylation is 1. The number of hydrogen-bond donors (Lipinski definition) is 4. The maximum absolute atomic E-state index is 12.3. The molecule has 0 spiro atoms. The van der Waals surface area contributed by atoms with Crippen molar-refractivity contribution in [1.82, 2.24) is 20.5 Å². The number of pyridine rings is 1. The average molecular weight is 420 g/mol. The lowest BCUT2D eigenvalue weighted by atomic mass is 9.96. The smallest absolute Gasteiger partial charge is 0.404 e. The minimum atomic E-state index is -0.982. The summed E-state index contributed by atoms with van der Waals surface area (Å²) < 4.78 is 0. The highest BCUT2D eigenvalue weighted by molar-refractivity contribution is 6.31. The number of amides is 2. The van der Waals surface area contributed by atoms with Crippen molar-refractivity contribution in [2.45, 2.75) is 57.9 Å². The van der Waals surface area contributed by atoms with Crippen LogP contribution >= 0.6 is 11.6 Å². The summed E-state index contributed by atoms with van der Waals surface area (Å²) in [6.45, 7) is 3.69. The molecule has 0 saturated heterocycles. The summed E-state index contributed by atoms with van der Waals surface area (Å²) in [6.07, 6.45) is 3.06. The molecule has 29 heavy (non-hydrogen) atoms. The topological polar surface area (TPSA) is 120 Å². The third kappa shape index (κ3) is 5.93. The number of aromatic nitrogens is 3. The second-order valence-corrected chi connectivity index (χ2v) is 8.17. The third-order valence-electron chi connectivity index (χ3n) is 5.32. The minimum absolute atomic E-state index is 0.0574. The number of hydrogen-bond acceptors (Lipinski definition) is 4. The first-order valence-corrected chi connectivity index (χ1v) is 10.1. The molecule has 3 rings (SSSR count). The van der Waals surface area contributed by atoms with Crippen LogP contribution in [0.2, 0.25) is 5.02 Å². The summed E-state index contributed by atoms with van der Waals surface area (Å²) in [5.41, 5.74) is 2.35. The summed E-state index contributed by atoms with van der Waals surface area (Å²) in [5, 5.41) is 22.0. The van der Waals surface area contributed by atoms with E-state index in [1.165, 1.54) is 0 Å². The Balaban J connectivity index is 1.51. The molecule has 0 radical (unpaired) electrons. The summed E-state index contributed by atoms with van der Waals surface area (Å²) >= 11 is 5.97. The second-order valence-electron chi connectivity index (χ2n) is 7.77. The van der Waals surface area contributed by atoms with E-state index in [0.29, 0.717) is 34.1 Å². The molecular weight excluding hydrogens is 394 g/mol. The highest BCUT2D eigenvalue weighted by Crippen LogP contribution is 2.40. The lowest BCUT2D eigenvalue weighted by Gasteiger charge is -2.16. The van der Waals surface area contributed by atoms with Crippen LogP contribution in [-0.2, 0) is 11.2 Å². The molecule has 1 saturated carbocycles. The van der Waals surface area contributed by atoms with Crippen LogP contribution in [0.5, 0.6) is 0 Å². The van der Waals surface area contributed by atoms with E-state index in [-0.39, 0.29) is 18.4 Å². The molecule has 1 aliphatic rings. The van der Waals surface area contributed by atoms with E-state index < -0.39 is 6.09 Å². The number of carbonyl (C=O) groups excluding carboxylic acids is 1. The fourth-order valence-electron chi connectivity index (χ4n) is 4.00. The molecule has 1 fully saturated rings. The highest BCUT2D eigenvalue weighted by Gasteiger charge is 2.28. The Bertz CT molecular complexity index is 885. The van der Waals surface area contributed by atoms with Gasteiger partial charge in [-0.25, -0.2) is 4.79 Å². The van der Waals surface area contributed by atoms with Crippen LogP contribution in [0.4, 0.5) is 10.6 Å². The highest BCUT2D eigenvalue weighted by atomic mass is 35.5. The Morgan fingerprint density at radius 2 is 2.17 bits per heavy atom. The predicted molar refractivity (Wildman–Crippen MR) is 110 cm³/mol. The van der Waals surface area contributed by atoms with E-state index in [2.05, 4.69) is 25.8 Å². The van der Waals surface area contributed by atoms with Crippen LogP contribution in [0.3, 0.4) is 0 Å². The largest absolute Gasteiger partial charge is 0.465 e. The number of rotatable bonds is 7. The molecule has 8 nitrogen and oxygen atoms in total. The van der Waals surface area contributed by atoms with Crippen LogP contribution in [0.25, 0.3) is 0 Å². The quantitative estimate of drug-likeness (QED) is 0.542. The molecule has 4 N–H and O–H groups in total. The summed E-state index contributed by atoms with van der Waals surface area (Å²) in [6, 6.07) is 5.30. The van der Waals surface area contributed by atoms with Gasteiger partial charge in [-0.1, -0.05) is 11.6 Å². The molecule has 0 aliphatic heterocycles. The van der Waals surface area contributed by atoms with E-state index in [4.69, 9.17) is 16.7 Å². The number of aromatic amines is 1. The average Bonchev–Trinajstić information content (AvgIpc) is 3.26. The maximum Gasteiger partial charge on any atom is 0.404 e. The van der Waals surface area contributed by atoms with Crippen molar-refractivity contribution in [3.8, 4) is 0 Å². The molecule has 0 bridgehead atoms. The predicted octanol–water partition coefficient (Wildman–Crippen LogP) is 3.88. The molecule has 2 aromatic rings. The van der Waals surface area contributed by atoms with E-state index in [9.17, 15) is 9.59 Å². The van der Waals surface area contributed by atoms with Crippen molar-refractivity contribution in [3.05, 3.63) is 40.3 Å². The first kappa shape index (κ1) is 21.1. The molecule has 2 amide bonds. The van der Waals surface area contributed by atoms with Gasteiger partial charge in [0.15, 0.2) is 5.82 Å². The number of nitrogens with zero attached hydrogens (tertiary/aromatic N) is 2. The summed E-state index contributed by atoms with van der Waals surface area (Å²) in [7, 11) is 0. The van der Waals surface area contributed by atoms with Gasteiger partial charge in [0.1, 0.15) is 0 Å². The number of nitrogens with one attached hydrogen (secondary N) is 3. The Hall–Kier alpha value is -2.61. The van der Waals surface area contributed by atoms with E-state index in [1.54, 1.807) is 19.1 Å². The number of carbonyl (C=O) groups is 2. The van der Waals surface area contributed by atoms with Gasteiger partial charge in [0.2, 0.25) is 5.91 Å². The van der Waals surface area contributed by atoms with Gasteiger partial charge in [0.05, 0.1) is 22.8 Å². The zero-order valence-corrected chi connectivity index (χ0v) is 17.3. The van der Waals surface area contributed by atoms with E-state index in [1.807, 2.05) is 13.0 Å². The minimum Gasteiger partial charge on any atom is -0.465 e. The van der Waals surface area contributed by atoms with Crippen molar-refractivity contribution in [1.29, 1.82) is 0 Å². The van der Waals surface area contributed by atoms with Gasteiger partial charge < -0.3 is 15.7 Å². The molecule has 3 atom stereocenters. The lowest BCUT2D eigenvalue weighted by molar-refractivity contribution is -0.115. The first-order valence-electron chi connectivity index (χ1n) is 9.76. The third-order valence-corrected chi connectivity index (χ3v) is 5.72. The molecular formula is C20H26ClN5O3. The van der Waals surface area contributed by atoms with Gasteiger partial charge in [-0.05, 0) is 57.6 Å². The fraction of sp³-hybridized carbons (Fsp3) is 0.500. The van der Waals surface area contributed by atoms with Crippen LogP contribution in [0.1, 0.15) is 55.6 Å². The van der Waals surface area contributed by atoms with Crippen molar-refractivity contribution in [2.75, 3.05) is 5.32 Å². The molecule has 1 aliphatic carbocycles. The van der Waals surface area contributed by atoms with Gasteiger partial charge in [-0.15, -0.1) is 0 Å². The summed E-state index contributed by atoms with van der Waals surface area (Å²) in [4.78, 5) is 27.3. The first-order chi connectivity index (χ1) is 13.8. The Morgan fingerprint density at radius 1 is 1.38 bits per heavy atom. The van der Waals surface area contributed by atoms with Gasteiger partial charge in [-0.3, -0.25) is 14.9 Å². The van der Waals surface area contributed by atoms with Gasteiger partial charge >= 0.3 is 6.09 Å². The second kappa shape index (κ2) is 9.26. The molecule has 2 heterocycles. The Kier molecular flexibility index (Phi) is 6.74. The van der Waals surface area contributed by atoms with E-state index in [0.717, 1.165) is 31.4 Å². The molecule has 2 aromatic heterocycles. The standard InChI is InChI=1S/C20H26ClN5O3/c1-11(22-20(28)29)7-13-3-4-14(8-13)17-10-18(26-25-17)24-19(27)9-15-5-6-16(21)12(2)23-15/h5-6,10-11,13-14,22H,3-4,7-9H2,1-2H3,(H,28,29)(H2,24,25,26,27)/t11?,13-,14-/m0/s1. The van der Waals surface area contributed by atoms with Crippen LogP contribution in [0.15, 0.2) is 18.2 Å². The Morgan fingerprint density at radius 3 is 2.90 bits per heavy atom. The van der Waals surface area contributed by atoms with Gasteiger partial charge in [0, 0.05) is 23.7 Å². The molecule has 0 aromatic carbocycles. The van der Waals surface area contributed by atoms with Crippen LogP contribution in [0, 0.1) is 12.8 Å². The van der Waals surface area contributed by atoms with Crippen LogP contribution in [-0.4, -0.2) is 38.3 Å². The zero-order chi connectivity index (χ0) is 21.0. The number of halogens is 1. The maximum atomic E-state index is 12.3. The van der Waals surface area contributed by atoms with Gasteiger partial charge in [-0.2, -0.15) is 5.10 Å². The molecule has 156 valence electrons.